The van der Waals surface area contributed by atoms with E-state index in [-0.39, 0.29) is 0 Å². The molecule has 8 heavy (non-hydrogen) atoms. The van der Waals surface area contributed by atoms with Crippen LogP contribution in [0.3, 0.4) is 0 Å². The third-order valence-electron chi connectivity index (χ3n) is 1.94. The average molecular weight is 129 g/mol. The van der Waals surface area contributed by atoms with E-state index in [9.17, 15) is 0 Å². The van der Waals surface area contributed by atoms with E-state index in [0.717, 1.165) is 10.5 Å². The lowest BCUT2D eigenvalue weighted by molar-refractivity contribution is 0.690. The number of hydrogen-bond acceptors (Lipinski definition) is 2. The smallest absolute Gasteiger partial charge is 0.0176 e. The van der Waals surface area contributed by atoms with Crippen LogP contribution in [0.2, 0.25) is 0 Å². The number of hydrogen-bond donors (Lipinski definition) is 1. The molecule has 2 aliphatic heterocycles. The zero-order valence-electron chi connectivity index (χ0n) is 4.89. The maximum absolute atomic E-state index is 3.43. The molecule has 0 radical (unpaired) electrons. The second-order valence-electron chi connectivity index (χ2n) is 2.62. The first-order valence-electron chi connectivity index (χ1n) is 3.31. The van der Waals surface area contributed by atoms with Crippen LogP contribution in [0.5, 0.6) is 0 Å². The van der Waals surface area contributed by atoms with E-state index in [1.807, 2.05) is 0 Å². The summed E-state index contributed by atoms with van der Waals surface area (Å²) in [4.78, 5) is 0. The van der Waals surface area contributed by atoms with Gasteiger partial charge in [0.25, 0.3) is 0 Å². The van der Waals surface area contributed by atoms with E-state index in [1.54, 1.807) is 0 Å². The highest BCUT2D eigenvalue weighted by Gasteiger charge is 2.28. The summed E-state index contributed by atoms with van der Waals surface area (Å²) in [6.07, 6.45) is 2.92. The van der Waals surface area contributed by atoms with Crippen molar-refractivity contribution in [3.8, 4) is 0 Å². The lowest BCUT2D eigenvalue weighted by atomic mass is 10.2. The highest BCUT2D eigenvalue weighted by Crippen LogP contribution is 2.35. The van der Waals surface area contributed by atoms with Crippen LogP contribution in [0.15, 0.2) is 0 Å². The Balaban J connectivity index is 2.03. The van der Waals surface area contributed by atoms with Gasteiger partial charge in [0.15, 0.2) is 0 Å². The maximum Gasteiger partial charge on any atom is 0.0176 e. The number of thioether (sulfide) groups is 1. The third-order valence-corrected chi connectivity index (χ3v) is 3.51. The van der Waals surface area contributed by atoms with E-state index in [0.29, 0.717) is 0 Å². The van der Waals surface area contributed by atoms with Gasteiger partial charge in [0, 0.05) is 23.6 Å². The van der Waals surface area contributed by atoms with Crippen molar-refractivity contribution < 1.29 is 0 Å². The molecule has 0 amide bonds. The van der Waals surface area contributed by atoms with E-state index in [1.165, 1.54) is 25.9 Å². The summed E-state index contributed by atoms with van der Waals surface area (Å²) >= 11 is 2.19. The van der Waals surface area contributed by atoms with Gasteiger partial charge in [-0.1, -0.05) is 0 Å². The van der Waals surface area contributed by atoms with Crippen molar-refractivity contribution in [1.82, 2.24) is 5.32 Å². The van der Waals surface area contributed by atoms with Crippen LogP contribution in [0.1, 0.15) is 12.8 Å². The van der Waals surface area contributed by atoms with E-state index in [4.69, 9.17) is 0 Å². The fraction of sp³-hybridized carbons (Fsp3) is 1.00. The predicted octanol–water partition coefficient (Wildman–Crippen LogP) is 0.854. The highest BCUT2D eigenvalue weighted by molar-refractivity contribution is 8.00. The Morgan fingerprint density at radius 1 is 1.12 bits per heavy atom. The SMILES string of the molecule is C1C[C@H]2CNCC1S2. The van der Waals surface area contributed by atoms with Crippen LogP contribution < -0.4 is 5.32 Å². The van der Waals surface area contributed by atoms with Crippen molar-refractivity contribution >= 4 is 11.8 Å². The van der Waals surface area contributed by atoms with Gasteiger partial charge in [-0.25, -0.2) is 0 Å². The first-order chi connectivity index (χ1) is 3.95. The molecule has 1 nitrogen and oxygen atoms in total. The highest BCUT2D eigenvalue weighted by atomic mass is 32.2. The molecule has 2 heteroatoms. The van der Waals surface area contributed by atoms with Gasteiger partial charge in [-0.05, 0) is 12.8 Å². The average Bonchev–Trinajstić information content (AvgIpc) is 2.12. The first-order valence-corrected chi connectivity index (χ1v) is 4.25. The Morgan fingerprint density at radius 3 is 2.25 bits per heavy atom. The van der Waals surface area contributed by atoms with Crippen LogP contribution in [-0.4, -0.2) is 23.6 Å². The largest absolute Gasteiger partial charge is 0.315 e. The Morgan fingerprint density at radius 2 is 1.75 bits per heavy atom. The van der Waals surface area contributed by atoms with Gasteiger partial charge in [-0.2, -0.15) is 11.8 Å². The van der Waals surface area contributed by atoms with Gasteiger partial charge in [0.2, 0.25) is 0 Å². The van der Waals surface area contributed by atoms with E-state index >= 15 is 0 Å². The first kappa shape index (κ1) is 5.12. The van der Waals surface area contributed by atoms with Crippen LogP contribution >= 0.6 is 11.8 Å². The number of rotatable bonds is 0. The quantitative estimate of drug-likeness (QED) is 0.520. The van der Waals surface area contributed by atoms with Gasteiger partial charge < -0.3 is 5.32 Å². The van der Waals surface area contributed by atoms with Crippen molar-refractivity contribution in [1.29, 1.82) is 0 Å². The summed E-state index contributed by atoms with van der Waals surface area (Å²) in [5.41, 5.74) is 0. The molecule has 0 aromatic heterocycles. The predicted molar refractivity (Wildman–Crippen MR) is 37.3 cm³/mol. The lowest BCUT2D eigenvalue weighted by Gasteiger charge is -2.18. The lowest BCUT2D eigenvalue weighted by Crippen LogP contribution is -2.32. The summed E-state index contributed by atoms with van der Waals surface area (Å²) in [5.74, 6) is 0. The molecule has 0 spiro atoms. The summed E-state index contributed by atoms with van der Waals surface area (Å²) in [7, 11) is 0. The van der Waals surface area contributed by atoms with Crippen molar-refractivity contribution in [2.45, 2.75) is 23.3 Å². The summed E-state index contributed by atoms with van der Waals surface area (Å²) < 4.78 is 0. The van der Waals surface area contributed by atoms with Gasteiger partial charge in [-0.15, -0.1) is 0 Å². The van der Waals surface area contributed by atoms with Gasteiger partial charge in [-0.3, -0.25) is 0 Å². The fourth-order valence-electron chi connectivity index (χ4n) is 1.49. The number of nitrogens with one attached hydrogen (secondary N) is 1. The topological polar surface area (TPSA) is 12.0 Å². The van der Waals surface area contributed by atoms with Crippen molar-refractivity contribution in [2.24, 2.45) is 0 Å². The molecular weight excluding hydrogens is 118 g/mol. The third kappa shape index (κ3) is 0.759. The molecule has 1 N–H and O–H groups in total. The second kappa shape index (κ2) is 1.92. The Hall–Kier alpha value is 0.310. The van der Waals surface area contributed by atoms with Gasteiger partial charge in [0.05, 0.1) is 0 Å². The summed E-state index contributed by atoms with van der Waals surface area (Å²) in [6.45, 7) is 2.53. The minimum Gasteiger partial charge on any atom is -0.315 e. The Bertz CT molecular complexity index is 80.5. The number of fused-ring (bicyclic) bond motifs is 2. The molecule has 2 rings (SSSR count). The summed E-state index contributed by atoms with van der Waals surface area (Å²) in [6, 6.07) is 0. The van der Waals surface area contributed by atoms with Crippen LogP contribution in [0, 0.1) is 0 Å². The van der Waals surface area contributed by atoms with Crippen LogP contribution in [0.25, 0.3) is 0 Å². The van der Waals surface area contributed by atoms with Crippen molar-refractivity contribution in [3.63, 3.8) is 0 Å². The summed E-state index contributed by atoms with van der Waals surface area (Å²) in [5, 5.41) is 5.36. The molecule has 2 fully saturated rings. The van der Waals surface area contributed by atoms with Gasteiger partial charge >= 0.3 is 0 Å². The van der Waals surface area contributed by atoms with Crippen molar-refractivity contribution in [3.05, 3.63) is 0 Å². The molecule has 2 heterocycles. The molecule has 0 saturated carbocycles. The minimum absolute atomic E-state index is 0.966. The zero-order valence-corrected chi connectivity index (χ0v) is 5.71. The fourth-order valence-corrected chi connectivity index (χ4v) is 3.00. The maximum atomic E-state index is 3.43. The molecule has 0 aliphatic carbocycles. The second-order valence-corrected chi connectivity index (χ2v) is 4.22. The molecule has 2 aliphatic rings. The van der Waals surface area contributed by atoms with E-state index < -0.39 is 0 Å². The molecule has 2 atom stereocenters. The Labute approximate surface area is 54.2 Å². The standard InChI is InChI=1S/C6H11NS/c1-2-6-4-7-3-5(1)8-6/h5-7H,1-4H2/t5-,6?/m0/s1. The van der Waals surface area contributed by atoms with Crippen molar-refractivity contribution in [2.75, 3.05) is 13.1 Å². The molecule has 0 aromatic carbocycles. The molecule has 2 saturated heterocycles. The zero-order chi connectivity index (χ0) is 5.40. The molecule has 46 valence electrons. The van der Waals surface area contributed by atoms with Crippen LogP contribution in [0.4, 0.5) is 0 Å². The Kier molecular flexibility index (Phi) is 1.23. The molecule has 1 unspecified atom stereocenters. The minimum atomic E-state index is 0.966. The van der Waals surface area contributed by atoms with Crippen LogP contribution in [-0.2, 0) is 0 Å². The molecular formula is C6H11NS. The molecule has 0 aromatic rings. The molecule has 2 bridgehead atoms. The van der Waals surface area contributed by atoms with E-state index in [2.05, 4.69) is 17.1 Å². The van der Waals surface area contributed by atoms with Gasteiger partial charge in [0.1, 0.15) is 0 Å². The normalized spacial score (nSPS) is 45.0. The monoisotopic (exact) mass is 129 g/mol.